The molecule has 112 valence electrons. The van der Waals surface area contributed by atoms with Gasteiger partial charge < -0.3 is 5.32 Å². The van der Waals surface area contributed by atoms with Crippen molar-refractivity contribution in [3.05, 3.63) is 27.1 Å². The molecule has 20 heavy (non-hydrogen) atoms. The highest BCUT2D eigenvalue weighted by Gasteiger charge is 2.20. The lowest BCUT2D eigenvalue weighted by molar-refractivity contribution is -0.121. The Hall–Kier alpha value is -0.440. The van der Waals surface area contributed by atoms with Gasteiger partial charge in [-0.05, 0) is 54.9 Å². The highest BCUT2D eigenvalue weighted by atomic mass is 79.9. The lowest BCUT2D eigenvalue weighted by Gasteiger charge is -2.20. The quantitative estimate of drug-likeness (QED) is 0.774. The lowest BCUT2D eigenvalue weighted by atomic mass is 10.1. The molecule has 0 spiro atoms. The van der Waals surface area contributed by atoms with E-state index in [0.717, 1.165) is 0 Å². The van der Waals surface area contributed by atoms with E-state index in [4.69, 9.17) is 0 Å². The van der Waals surface area contributed by atoms with Crippen LogP contribution in [0.15, 0.2) is 32.0 Å². The third kappa shape index (κ3) is 5.51. The number of sulfonamides is 1. The first-order valence-electron chi connectivity index (χ1n) is 5.77. The van der Waals surface area contributed by atoms with Crippen LogP contribution < -0.4 is 10.0 Å². The Morgan fingerprint density at radius 2 is 1.85 bits per heavy atom. The van der Waals surface area contributed by atoms with Crippen LogP contribution >= 0.6 is 31.9 Å². The number of hydrogen-bond donors (Lipinski definition) is 2. The Labute approximate surface area is 135 Å². The highest BCUT2D eigenvalue weighted by molar-refractivity contribution is 9.11. The molecule has 5 nitrogen and oxygen atoms in total. The molecule has 0 atom stereocenters. The summed E-state index contributed by atoms with van der Waals surface area (Å²) >= 11 is 6.40. The molecule has 0 heterocycles. The van der Waals surface area contributed by atoms with Gasteiger partial charge in [0.2, 0.25) is 15.9 Å². The van der Waals surface area contributed by atoms with Crippen molar-refractivity contribution in [3.63, 3.8) is 0 Å². The molecule has 0 aromatic heterocycles. The molecular weight excluding hydrogens is 412 g/mol. The molecule has 0 aliphatic carbocycles. The summed E-state index contributed by atoms with van der Waals surface area (Å²) in [5.41, 5.74) is -0.404. The average molecular weight is 428 g/mol. The Bertz CT molecular complexity index is 610. The van der Waals surface area contributed by atoms with Crippen LogP contribution in [0.4, 0.5) is 0 Å². The van der Waals surface area contributed by atoms with Crippen molar-refractivity contribution in [1.82, 2.24) is 10.0 Å². The van der Waals surface area contributed by atoms with Crippen molar-refractivity contribution >= 4 is 47.8 Å². The van der Waals surface area contributed by atoms with Crippen LogP contribution in [0.1, 0.15) is 20.8 Å². The molecular formula is C12H16Br2N2O3S. The van der Waals surface area contributed by atoms with Gasteiger partial charge in [0.1, 0.15) is 0 Å². The van der Waals surface area contributed by atoms with Crippen molar-refractivity contribution < 1.29 is 13.2 Å². The fourth-order valence-electron chi connectivity index (χ4n) is 1.38. The molecule has 2 N–H and O–H groups in total. The Balaban J connectivity index is 2.81. The number of nitrogens with one attached hydrogen (secondary N) is 2. The standard InChI is InChI=1S/C12H16Br2N2O3S/c1-12(2,3)16-11(17)7-15-20(18,19)10-6-8(13)4-5-9(10)14/h4-6,15H,7H2,1-3H3,(H,16,17). The maximum absolute atomic E-state index is 12.1. The smallest absolute Gasteiger partial charge is 0.242 e. The number of carbonyl (C=O) groups is 1. The summed E-state index contributed by atoms with van der Waals surface area (Å²) in [6, 6.07) is 4.80. The number of benzene rings is 1. The molecule has 0 fully saturated rings. The maximum Gasteiger partial charge on any atom is 0.242 e. The van der Waals surface area contributed by atoms with Gasteiger partial charge in [-0.1, -0.05) is 15.9 Å². The fourth-order valence-corrected chi connectivity index (χ4v) is 3.87. The number of hydrogen-bond acceptors (Lipinski definition) is 3. The van der Waals surface area contributed by atoms with Gasteiger partial charge in [0.15, 0.2) is 0 Å². The third-order valence-electron chi connectivity index (χ3n) is 2.12. The summed E-state index contributed by atoms with van der Waals surface area (Å²) in [6.07, 6.45) is 0. The van der Waals surface area contributed by atoms with Crippen molar-refractivity contribution in [2.45, 2.75) is 31.2 Å². The van der Waals surface area contributed by atoms with Crippen LogP contribution in [-0.4, -0.2) is 26.4 Å². The predicted octanol–water partition coefficient (Wildman–Crippen LogP) is 2.40. The van der Waals surface area contributed by atoms with Gasteiger partial charge in [0, 0.05) is 14.5 Å². The largest absolute Gasteiger partial charge is 0.350 e. The lowest BCUT2D eigenvalue weighted by Crippen LogP contribution is -2.45. The molecule has 0 saturated carbocycles. The van der Waals surface area contributed by atoms with Gasteiger partial charge in [-0.25, -0.2) is 13.1 Å². The molecule has 0 radical (unpaired) electrons. The van der Waals surface area contributed by atoms with E-state index in [1.54, 1.807) is 12.1 Å². The number of amides is 1. The first-order chi connectivity index (χ1) is 9.01. The molecule has 0 aliphatic heterocycles. The molecule has 0 aliphatic rings. The van der Waals surface area contributed by atoms with Gasteiger partial charge in [0.25, 0.3) is 0 Å². The van der Waals surface area contributed by atoms with E-state index in [1.807, 2.05) is 20.8 Å². The normalized spacial score (nSPS) is 12.2. The van der Waals surface area contributed by atoms with E-state index >= 15 is 0 Å². The predicted molar refractivity (Wildman–Crippen MR) is 84.9 cm³/mol. The molecule has 1 aromatic rings. The number of rotatable bonds is 4. The first-order valence-corrected chi connectivity index (χ1v) is 8.84. The summed E-state index contributed by atoms with van der Waals surface area (Å²) in [4.78, 5) is 11.7. The van der Waals surface area contributed by atoms with Crippen LogP contribution in [0.25, 0.3) is 0 Å². The van der Waals surface area contributed by atoms with Crippen LogP contribution in [0.2, 0.25) is 0 Å². The fraction of sp³-hybridized carbons (Fsp3) is 0.417. The van der Waals surface area contributed by atoms with E-state index < -0.39 is 15.6 Å². The number of carbonyl (C=O) groups excluding carboxylic acids is 1. The second-order valence-corrected chi connectivity index (χ2v) is 8.70. The van der Waals surface area contributed by atoms with Crippen molar-refractivity contribution in [2.24, 2.45) is 0 Å². The topological polar surface area (TPSA) is 75.3 Å². The van der Waals surface area contributed by atoms with E-state index in [0.29, 0.717) is 8.95 Å². The van der Waals surface area contributed by atoms with Gasteiger partial charge in [0.05, 0.1) is 11.4 Å². The molecule has 1 aromatic carbocycles. The molecule has 1 rings (SSSR count). The van der Waals surface area contributed by atoms with E-state index in [-0.39, 0.29) is 17.3 Å². The maximum atomic E-state index is 12.1. The van der Waals surface area contributed by atoms with Gasteiger partial charge in [-0.3, -0.25) is 4.79 Å². The van der Waals surface area contributed by atoms with E-state index in [9.17, 15) is 13.2 Å². The van der Waals surface area contributed by atoms with Gasteiger partial charge in [-0.15, -0.1) is 0 Å². The Kier molecular flexibility index (Phi) is 5.77. The summed E-state index contributed by atoms with van der Waals surface area (Å²) in [5, 5.41) is 2.68. The van der Waals surface area contributed by atoms with Gasteiger partial charge >= 0.3 is 0 Å². The monoisotopic (exact) mass is 426 g/mol. The zero-order chi connectivity index (χ0) is 15.6. The SMILES string of the molecule is CC(C)(C)NC(=O)CNS(=O)(=O)c1cc(Br)ccc1Br. The average Bonchev–Trinajstić information content (AvgIpc) is 2.27. The minimum absolute atomic E-state index is 0.0791. The summed E-state index contributed by atoms with van der Waals surface area (Å²) in [5.74, 6) is -0.382. The second-order valence-electron chi connectivity index (χ2n) is 5.20. The minimum Gasteiger partial charge on any atom is -0.350 e. The van der Waals surface area contributed by atoms with Crippen LogP contribution in [0.3, 0.4) is 0 Å². The second kappa shape index (κ2) is 6.55. The Morgan fingerprint density at radius 1 is 1.25 bits per heavy atom. The molecule has 0 bridgehead atoms. The summed E-state index contributed by atoms with van der Waals surface area (Å²) in [7, 11) is -3.75. The number of halogens is 2. The summed E-state index contributed by atoms with van der Waals surface area (Å²) < 4.78 is 27.6. The Morgan fingerprint density at radius 3 is 2.40 bits per heavy atom. The molecule has 1 amide bonds. The van der Waals surface area contributed by atoms with Crippen LogP contribution in [0.5, 0.6) is 0 Å². The highest BCUT2D eigenvalue weighted by Crippen LogP contribution is 2.25. The van der Waals surface area contributed by atoms with E-state index in [2.05, 4.69) is 41.9 Å². The van der Waals surface area contributed by atoms with Crippen LogP contribution in [-0.2, 0) is 14.8 Å². The van der Waals surface area contributed by atoms with Crippen molar-refractivity contribution in [2.75, 3.05) is 6.54 Å². The molecule has 0 saturated heterocycles. The van der Waals surface area contributed by atoms with Crippen LogP contribution in [0, 0.1) is 0 Å². The molecule has 8 heteroatoms. The zero-order valence-electron chi connectivity index (χ0n) is 11.3. The van der Waals surface area contributed by atoms with Gasteiger partial charge in [-0.2, -0.15) is 0 Å². The molecule has 0 unspecified atom stereocenters. The first kappa shape index (κ1) is 17.6. The zero-order valence-corrected chi connectivity index (χ0v) is 15.3. The van der Waals surface area contributed by atoms with Crippen molar-refractivity contribution in [3.8, 4) is 0 Å². The minimum atomic E-state index is -3.75. The van der Waals surface area contributed by atoms with Crippen molar-refractivity contribution in [1.29, 1.82) is 0 Å². The van der Waals surface area contributed by atoms with E-state index in [1.165, 1.54) is 6.07 Å². The third-order valence-corrected chi connectivity index (χ3v) is 5.01. The summed E-state index contributed by atoms with van der Waals surface area (Å²) in [6.45, 7) is 5.16.